The van der Waals surface area contributed by atoms with Gasteiger partial charge in [-0.15, -0.1) is 0 Å². The van der Waals surface area contributed by atoms with Gasteiger partial charge in [-0.25, -0.2) is 0 Å². The number of hydrazine groups is 1. The van der Waals surface area contributed by atoms with Gasteiger partial charge in [-0.05, 0) is 37.6 Å². The summed E-state index contributed by atoms with van der Waals surface area (Å²) in [6.07, 6.45) is -0.125. The van der Waals surface area contributed by atoms with Crippen molar-refractivity contribution >= 4 is 28.9 Å². The van der Waals surface area contributed by atoms with Gasteiger partial charge in [0.15, 0.2) is 0 Å². The zero-order valence-electron chi connectivity index (χ0n) is 16.1. The largest absolute Gasteiger partial charge is 0.491 e. The molecule has 1 fully saturated rings. The van der Waals surface area contributed by atoms with Gasteiger partial charge in [-0.1, -0.05) is 12.1 Å². The van der Waals surface area contributed by atoms with Gasteiger partial charge in [-0.2, -0.15) is 5.01 Å². The van der Waals surface area contributed by atoms with Crippen LogP contribution in [0.3, 0.4) is 0 Å². The van der Waals surface area contributed by atoms with Crippen molar-refractivity contribution in [3.8, 4) is 5.75 Å². The zero-order chi connectivity index (χ0) is 22.0. The fraction of sp³-hybridized carbons (Fsp3) is 0.263. The molecule has 11 heteroatoms. The third-order valence-electron chi connectivity index (χ3n) is 4.42. The van der Waals surface area contributed by atoms with Gasteiger partial charge < -0.3 is 4.74 Å². The van der Waals surface area contributed by atoms with Crippen LogP contribution in [0.2, 0.25) is 0 Å². The Labute approximate surface area is 170 Å². The number of benzene rings is 2. The number of nitrogens with zero attached hydrogens (tertiary/aromatic N) is 3. The van der Waals surface area contributed by atoms with Crippen molar-refractivity contribution in [2.24, 2.45) is 0 Å². The summed E-state index contributed by atoms with van der Waals surface area (Å²) in [6.45, 7) is 3.77. The van der Waals surface area contributed by atoms with Gasteiger partial charge in [-0.3, -0.25) is 35.2 Å². The number of nitrogens with one attached hydrogen (secondary N) is 1. The van der Waals surface area contributed by atoms with Crippen LogP contribution < -0.4 is 10.2 Å². The lowest BCUT2D eigenvalue weighted by atomic mass is 9.97. The normalized spacial score (nSPS) is 16.1. The van der Waals surface area contributed by atoms with Crippen LogP contribution in [0.1, 0.15) is 31.7 Å². The number of anilines is 1. The lowest BCUT2D eigenvalue weighted by molar-refractivity contribution is -0.393. The molecule has 1 N–H and O–H groups in total. The first kappa shape index (κ1) is 20.7. The van der Waals surface area contributed by atoms with E-state index in [1.54, 1.807) is 24.3 Å². The number of carbonyl (C=O) groups excluding carboxylic acids is 2. The van der Waals surface area contributed by atoms with Crippen LogP contribution in [0, 0.1) is 20.2 Å². The molecule has 0 spiro atoms. The third kappa shape index (κ3) is 4.19. The highest BCUT2D eigenvalue weighted by Crippen LogP contribution is 2.34. The van der Waals surface area contributed by atoms with E-state index in [-0.39, 0.29) is 18.2 Å². The maximum Gasteiger partial charge on any atom is 0.300 e. The minimum Gasteiger partial charge on any atom is -0.491 e. The van der Waals surface area contributed by atoms with E-state index in [1.807, 2.05) is 13.8 Å². The van der Waals surface area contributed by atoms with Gasteiger partial charge >= 0.3 is 5.69 Å². The predicted molar refractivity (Wildman–Crippen MR) is 105 cm³/mol. The first-order valence-corrected chi connectivity index (χ1v) is 9.00. The van der Waals surface area contributed by atoms with E-state index in [2.05, 4.69) is 5.43 Å². The monoisotopic (exact) mass is 414 g/mol. The van der Waals surface area contributed by atoms with Gasteiger partial charge in [0.1, 0.15) is 11.4 Å². The highest BCUT2D eigenvalue weighted by atomic mass is 16.6. The van der Waals surface area contributed by atoms with Gasteiger partial charge in [0, 0.05) is 12.5 Å². The fourth-order valence-corrected chi connectivity index (χ4v) is 3.06. The Bertz CT molecular complexity index is 1020. The molecule has 0 radical (unpaired) electrons. The Balaban J connectivity index is 1.82. The van der Waals surface area contributed by atoms with Crippen molar-refractivity contribution < 1.29 is 24.2 Å². The zero-order valence-corrected chi connectivity index (χ0v) is 16.1. The van der Waals surface area contributed by atoms with Crippen LogP contribution in [0.4, 0.5) is 17.1 Å². The fourth-order valence-electron chi connectivity index (χ4n) is 3.06. The first-order chi connectivity index (χ1) is 14.2. The Morgan fingerprint density at radius 2 is 1.73 bits per heavy atom. The average Bonchev–Trinajstić information content (AvgIpc) is 2.96. The smallest absolute Gasteiger partial charge is 0.300 e. The summed E-state index contributed by atoms with van der Waals surface area (Å²) < 4.78 is 5.56. The SMILES string of the molecule is CC(C)Oc1ccc([C@@H]2CC(=O)N(Nc3ccc([N+](=O)[O-])cc3[N+](=O)[O-])C2=O)cc1. The molecule has 1 atom stereocenters. The molecule has 2 amide bonds. The molecule has 0 saturated carbocycles. The number of hydrogen-bond donors (Lipinski definition) is 1. The standard InChI is InChI=1S/C19H18N4O7/c1-11(2)30-14-6-3-12(4-7-14)15-10-18(24)21(19(15)25)20-16-8-5-13(22(26)27)9-17(16)23(28)29/h3-9,11,15,20H,10H2,1-2H3/t15-/m0/s1. The number of rotatable bonds is 7. The molecule has 3 rings (SSSR count). The Hall–Kier alpha value is -4.02. The molecule has 1 aliphatic heterocycles. The summed E-state index contributed by atoms with van der Waals surface area (Å²) in [5.41, 5.74) is 1.74. The molecule has 0 aromatic heterocycles. The highest BCUT2D eigenvalue weighted by molar-refractivity contribution is 6.07. The van der Waals surface area contributed by atoms with E-state index in [9.17, 15) is 29.8 Å². The number of nitro benzene ring substituents is 2. The van der Waals surface area contributed by atoms with Crippen LogP contribution in [-0.2, 0) is 9.59 Å². The summed E-state index contributed by atoms with van der Waals surface area (Å²) in [4.78, 5) is 45.7. The number of ether oxygens (including phenoxy) is 1. The molecule has 1 heterocycles. The van der Waals surface area contributed by atoms with Crippen molar-refractivity contribution in [3.05, 3.63) is 68.3 Å². The molecular formula is C19H18N4O7. The molecule has 0 unspecified atom stereocenters. The van der Waals surface area contributed by atoms with E-state index in [1.165, 1.54) is 0 Å². The quantitative estimate of drug-likeness (QED) is 0.413. The third-order valence-corrected chi connectivity index (χ3v) is 4.42. The molecule has 0 bridgehead atoms. The van der Waals surface area contributed by atoms with E-state index >= 15 is 0 Å². The number of nitro groups is 2. The molecule has 1 saturated heterocycles. The Morgan fingerprint density at radius 1 is 1.07 bits per heavy atom. The molecule has 2 aromatic rings. The van der Waals surface area contributed by atoms with E-state index in [4.69, 9.17) is 4.74 Å². The minimum absolute atomic E-state index is 0.0114. The molecule has 2 aromatic carbocycles. The second-order valence-electron chi connectivity index (χ2n) is 6.89. The minimum atomic E-state index is -0.828. The Morgan fingerprint density at radius 3 is 2.30 bits per heavy atom. The number of carbonyl (C=O) groups is 2. The van der Waals surface area contributed by atoms with E-state index in [0.717, 1.165) is 18.2 Å². The average molecular weight is 414 g/mol. The molecule has 156 valence electrons. The summed E-state index contributed by atoms with van der Waals surface area (Å²) in [5.74, 6) is -1.28. The van der Waals surface area contributed by atoms with Crippen LogP contribution in [0.25, 0.3) is 0 Å². The van der Waals surface area contributed by atoms with Gasteiger partial charge in [0.05, 0.1) is 27.9 Å². The van der Waals surface area contributed by atoms with Gasteiger partial charge in [0.2, 0.25) is 5.91 Å². The summed E-state index contributed by atoms with van der Waals surface area (Å²) >= 11 is 0. The summed E-state index contributed by atoms with van der Waals surface area (Å²) in [7, 11) is 0. The maximum absolute atomic E-state index is 12.8. The topological polar surface area (TPSA) is 145 Å². The van der Waals surface area contributed by atoms with Crippen molar-refractivity contribution in [2.75, 3.05) is 5.43 Å². The lowest BCUT2D eigenvalue weighted by Crippen LogP contribution is -2.36. The highest BCUT2D eigenvalue weighted by Gasteiger charge is 2.40. The first-order valence-electron chi connectivity index (χ1n) is 9.00. The van der Waals surface area contributed by atoms with E-state index < -0.39 is 39.0 Å². The van der Waals surface area contributed by atoms with Crippen LogP contribution >= 0.6 is 0 Å². The van der Waals surface area contributed by atoms with Crippen molar-refractivity contribution in [1.82, 2.24) is 5.01 Å². The van der Waals surface area contributed by atoms with Crippen molar-refractivity contribution in [1.29, 1.82) is 0 Å². The Kier molecular flexibility index (Phi) is 5.63. The van der Waals surface area contributed by atoms with Crippen molar-refractivity contribution in [3.63, 3.8) is 0 Å². The van der Waals surface area contributed by atoms with E-state index in [0.29, 0.717) is 16.3 Å². The molecular weight excluding hydrogens is 396 g/mol. The number of non-ortho nitro benzene ring substituents is 1. The van der Waals surface area contributed by atoms with Gasteiger partial charge in [0.25, 0.3) is 11.6 Å². The predicted octanol–water partition coefficient (Wildman–Crippen LogP) is 3.16. The van der Waals surface area contributed by atoms with Crippen LogP contribution in [0.15, 0.2) is 42.5 Å². The van der Waals surface area contributed by atoms with Crippen LogP contribution in [0.5, 0.6) is 5.75 Å². The lowest BCUT2D eigenvalue weighted by Gasteiger charge is -2.17. The summed E-state index contributed by atoms with van der Waals surface area (Å²) in [6, 6.07) is 9.66. The molecule has 0 aliphatic carbocycles. The summed E-state index contributed by atoms with van der Waals surface area (Å²) in [5, 5.41) is 22.8. The number of imide groups is 1. The van der Waals surface area contributed by atoms with Crippen molar-refractivity contribution in [2.45, 2.75) is 32.3 Å². The number of hydrogen-bond acceptors (Lipinski definition) is 8. The molecule has 11 nitrogen and oxygen atoms in total. The van der Waals surface area contributed by atoms with Crippen LogP contribution in [-0.4, -0.2) is 32.8 Å². The number of amides is 2. The molecule has 30 heavy (non-hydrogen) atoms. The molecule has 1 aliphatic rings. The second-order valence-corrected chi connectivity index (χ2v) is 6.89. The maximum atomic E-state index is 12.8. The second kappa shape index (κ2) is 8.15.